The molecule has 0 aliphatic carbocycles. The minimum absolute atomic E-state index is 0.0468. The van der Waals surface area contributed by atoms with E-state index >= 15 is 0 Å². The molecule has 0 saturated carbocycles. The maximum atomic E-state index is 11.8. The predicted octanol–water partition coefficient (Wildman–Crippen LogP) is 1.64. The minimum Gasteiger partial charge on any atom is -0.481 e. The Morgan fingerprint density at radius 2 is 1.94 bits per heavy atom. The molecule has 1 rings (SSSR count). The summed E-state index contributed by atoms with van der Waals surface area (Å²) < 4.78 is 0. The van der Waals surface area contributed by atoms with Crippen LogP contribution in [-0.4, -0.2) is 23.0 Å². The van der Waals surface area contributed by atoms with E-state index in [-0.39, 0.29) is 18.4 Å². The monoisotopic (exact) mass is 250 g/mol. The van der Waals surface area contributed by atoms with Gasteiger partial charge in [0.15, 0.2) is 0 Å². The van der Waals surface area contributed by atoms with Gasteiger partial charge in [0.25, 0.3) is 5.91 Å². The molecule has 0 spiro atoms. The molecule has 1 amide bonds. The van der Waals surface area contributed by atoms with Crippen LogP contribution in [0.3, 0.4) is 0 Å². The minimum atomic E-state index is -0.813. The van der Waals surface area contributed by atoms with E-state index in [1.165, 1.54) is 0 Å². The lowest BCUT2D eigenvalue weighted by atomic mass is 10.1. The quantitative estimate of drug-likeness (QED) is 0.669. The largest absolute Gasteiger partial charge is 0.481 e. The van der Waals surface area contributed by atoms with Crippen LogP contribution in [0, 0.1) is 0 Å². The number of benzene rings is 1. The number of nitrogens with two attached hydrogens (primary N) is 1. The van der Waals surface area contributed by atoms with Crippen LogP contribution in [0.5, 0.6) is 0 Å². The molecule has 0 fully saturated rings. The van der Waals surface area contributed by atoms with Crippen LogP contribution >= 0.6 is 0 Å². The van der Waals surface area contributed by atoms with Crippen LogP contribution in [0.1, 0.15) is 36.5 Å². The van der Waals surface area contributed by atoms with Crippen LogP contribution in [0.4, 0.5) is 5.69 Å². The zero-order valence-corrected chi connectivity index (χ0v) is 10.3. The van der Waals surface area contributed by atoms with Gasteiger partial charge in [0.2, 0.25) is 0 Å². The lowest BCUT2D eigenvalue weighted by Gasteiger charge is -2.13. The molecule has 0 aromatic heterocycles. The van der Waals surface area contributed by atoms with E-state index in [0.717, 1.165) is 0 Å². The number of nitrogens with one attached hydrogen (secondary N) is 1. The number of anilines is 1. The summed E-state index contributed by atoms with van der Waals surface area (Å²) in [4.78, 5) is 22.2. The van der Waals surface area contributed by atoms with Crippen molar-refractivity contribution in [1.29, 1.82) is 0 Å². The van der Waals surface area contributed by atoms with Gasteiger partial charge in [-0.25, -0.2) is 0 Å². The second-order valence-electron chi connectivity index (χ2n) is 4.28. The molecule has 1 aromatic carbocycles. The van der Waals surface area contributed by atoms with Gasteiger partial charge in [0.1, 0.15) is 0 Å². The highest BCUT2D eigenvalue weighted by Crippen LogP contribution is 2.07. The van der Waals surface area contributed by atoms with E-state index in [9.17, 15) is 9.59 Å². The summed E-state index contributed by atoms with van der Waals surface area (Å²) in [5, 5.41) is 11.3. The van der Waals surface area contributed by atoms with E-state index in [2.05, 4.69) is 5.32 Å². The van der Waals surface area contributed by atoms with Crippen molar-refractivity contribution in [3.05, 3.63) is 29.8 Å². The van der Waals surface area contributed by atoms with E-state index in [1.54, 1.807) is 24.3 Å². The Hall–Kier alpha value is -2.04. The summed E-state index contributed by atoms with van der Waals surface area (Å²) in [5.74, 6) is -0.982. The Bertz CT molecular complexity index is 415. The molecule has 0 heterocycles. The van der Waals surface area contributed by atoms with Crippen molar-refractivity contribution in [2.75, 3.05) is 5.73 Å². The number of carboxylic acids is 1. The van der Waals surface area contributed by atoms with Crippen molar-refractivity contribution in [2.45, 2.75) is 32.2 Å². The molecule has 4 N–H and O–H groups in total. The van der Waals surface area contributed by atoms with E-state index in [1.807, 2.05) is 6.92 Å². The summed E-state index contributed by atoms with van der Waals surface area (Å²) in [5.41, 5.74) is 6.70. The van der Waals surface area contributed by atoms with Crippen molar-refractivity contribution in [2.24, 2.45) is 0 Å². The molecular formula is C13H18N2O3. The third-order valence-corrected chi connectivity index (χ3v) is 2.58. The second kappa shape index (κ2) is 6.64. The molecule has 0 saturated heterocycles. The highest BCUT2D eigenvalue weighted by Gasteiger charge is 2.09. The molecule has 1 atom stereocenters. The van der Waals surface area contributed by atoms with E-state index in [4.69, 9.17) is 10.8 Å². The summed E-state index contributed by atoms with van der Waals surface area (Å²) in [6, 6.07) is 6.62. The summed E-state index contributed by atoms with van der Waals surface area (Å²) in [6.07, 6.45) is 1.33. The van der Waals surface area contributed by atoms with Gasteiger partial charge >= 0.3 is 5.97 Å². The zero-order chi connectivity index (χ0) is 13.5. The topological polar surface area (TPSA) is 92.4 Å². The number of aliphatic carboxylic acids is 1. The van der Waals surface area contributed by atoms with Crippen LogP contribution < -0.4 is 11.1 Å². The third kappa shape index (κ3) is 4.86. The summed E-state index contributed by atoms with van der Waals surface area (Å²) >= 11 is 0. The predicted molar refractivity (Wildman–Crippen MR) is 69.3 cm³/mol. The van der Waals surface area contributed by atoms with Gasteiger partial charge in [-0.05, 0) is 44.0 Å². The number of amides is 1. The van der Waals surface area contributed by atoms with Crippen molar-refractivity contribution in [3.8, 4) is 0 Å². The number of hydrogen-bond donors (Lipinski definition) is 3. The van der Waals surface area contributed by atoms with Gasteiger partial charge in [0.05, 0.1) is 0 Å². The molecule has 18 heavy (non-hydrogen) atoms. The third-order valence-electron chi connectivity index (χ3n) is 2.58. The lowest BCUT2D eigenvalue weighted by Crippen LogP contribution is -2.32. The summed E-state index contributed by atoms with van der Waals surface area (Å²) in [6.45, 7) is 1.86. The molecule has 0 aliphatic heterocycles. The lowest BCUT2D eigenvalue weighted by molar-refractivity contribution is -0.137. The molecule has 5 nitrogen and oxygen atoms in total. The van der Waals surface area contributed by atoms with Gasteiger partial charge < -0.3 is 16.2 Å². The Morgan fingerprint density at radius 3 is 2.50 bits per heavy atom. The van der Waals surface area contributed by atoms with Crippen molar-refractivity contribution >= 4 is 17.6 Å². The first-order valence-electron chi connectivity index (χ1n) is 5.87. The Kier molecular flexibility index (Phi) is 5.17. The van der Waals surface area contributed by atoms with Crippen molar-refractivity contribution in [3.63, 3.8) is 0 Å². The van der Waals surface area contributed by atoms with Gasteiger partial charge in [-0.3, -0.25) is 9.59 Å². The van der Waals surface area contributed by atoms with Crippen LogP contribution in [0.15, 0.2) is 24.3 Å². The SMILES string of the molecule is CC(CCCC(=O)O)NC(=O)c1ccc(N)cc1. The number of nitrogen functional groups attached to an aromatic ring is 1. The normalized spacial score (nSPS) is 11.8. The fraction of sp³-hybridized carbons (Fsp3) is 0.385. The number of carbonyl (C=O) groups excluding carboxylic acids is 1. The number of carbonyl (C=O) groups is 2. The van der Waals surface area contributed by atoms with Gasteiger partial charge in [-0.15, -0.1) is 0 Å². The first-order chi connectivity index (χ1) is 8.49. The first-order valence-corrected chi connectivity index (χ1v) is 5.87. The van der Waals surface area contributed by atoms with E-state index < -0.39 is 5.97 Å². The van der Waals surface area contributed by atoms with Crippen molar-refractivity contribution in [1.82, 2.24) is 5.32 Å². The van der Waals surface area contributed by atoms with E-state index in [0.29, 0.717) is 24.1 Å². The maximum Gasteiger partial charge on any atom is 0.303 e. The fourth-order valence-electron chi connectivity index (χ4n) is 1.57. The summed E-state index contributed by atoms with van der Waals surface area (Å²) in [7, 11) is 0. The standard InChI is InChI=1S/C13H18N2O3/c1-9(3-2-4-12(16)17)15-13(18)10-5-7-11(14)8-6-10/h5-9H,2-4,14H2,1H3,(H,15,18)(H,16,17). The molecule has 0 aliphatic rings. The molecular weight excluding hydrogens is 232 g/mol. The second-order valence-corrected chi connectivity index (χ2v) is 4.28. The van der Waals surface area contributed by atoms with Crippen molar-refractivity contribution < 1.29 is 14.7 Å². The Balaban J connectivity index is 2.39. The fourth-order valence-corrected chi connectivity index (χ4v) is 1.57. The molecule has 1 aromatic rings. The average Bonchev–Trinajstić information content (AvgIpc) is 2.29. The Morgan fingerprint density at radius 1 is 1.33 bits per heavy atom. The molecule has 0 radical (unpaired) electrons. The first kappa shape index (κ1) is 14.0. The van der Waals surface area contributed by atoms with Crippen LogP contribution in [0.2, 0.25) is 0 Å². The van der Waals surface area contributed by atoms with Crippen LogP contribution in [0.25, 0.3) is 0 Å². The highest BCUT2D eigenvalue weighted by molar-refractivity contribution is 5.94. The van der Waals surface area contributed by atoms with Gasteiger partial charge in [0, 0.05) is 23.7 Å². The van der Waals surface area contributed by atoms with Gasteiger partial charge in [-0.1, -0.05) is 0 Å². The molecule has 1 unspecified atom stereocenters. The zero-order valence-electron chi connectivity index (χ0n) is 10.3. The number of carboxylic acid groups (broad SMARTS) is 1. The smallest absolute Gasteiger partial charge is 0.303 e. The molecule has 98 valence electrons. The highest BCUT2D eigenvalue weighted by atomic mass is 16.4. The average molecular weight is 250 g/mol. The van der Waals surface area contributed by atoms with Crippen LogP contribution in [-0.2, 0) is 4.79 Å². The van der Waals surface area contributed by atoms with Gasteiger partial charge in [-0.2, -0.15) is 0 Å². The molecule has 0 bridgehead atoms. The maximum absolute atomic E-state index is 11.8. The Labute approximate surface area is 106 Å². The number of rotatable bonds is 6. The molecule has 5 heteroatoms. The number of hydrogen-bond acceptors (Lipinski definition) is 3.